The van der Waals surface area contributed by atoms with Crippen molar-refractivity contribution >= 4 is 150 Å². The number of para-hydroxylation sites is 1. The van der Waals surface area contributed by atoms with Crippen LogP contribution in [0.15, 0.2) is 83.8 Å². The van der Waals surface area contributed by atoms with Gasteiger partial charge in [0.15, 0.2) is 22.7 Å². The van der Waals surface area contributed by atoms with Crippen molar-refractivity contribution in [3.05, 3.63) is 123 Å². The number of hydrogen-bond donors (Lipinski definition) is 25. The number of nitrogen functional groups attached to an aromatic ring is 1. The number of fused-ring (bicyclic) bond motifs is 5. The van der Waals surface area contributed by atoms with Crippen molar-refractivity contribution in [2.45, 2.75) is 207 Å². The van der Waals surface area contributed by atoms with Crippen LogP contribution in [0.4, 0.5) is 22.1 Å². The Balaban J connectivity index is 0.763. The number of aromatic nitrogens is 5. The van der Waals surface area contributed by atoms with Gasteiger partial charge in [0.25, 0.3) is 17.4 Å². The summed E-state index contributed by atoms with van der Waals surface area (Å²) in [7, 11) is 6.18. The lowest BCUT2D eigenvalue weighted by molar-refractivity contribution is -0.195. The number of anilines is 3. The van der Waals surface area contributed by atoms with Crippen molar-refractivity contribution in [2.75, 3.05) is 81.5 Å². The molecule has 3 aromatic heterocycles. The average molecular weight is 1950 g/mol. The molecule has 27 N–H and O–H groups in total. The number of aliphatic hydroxyl groups is 3. The first-order valence-corrected chi connectivity index (χ1v) is 46.8. The van der Waals surface area contributed by atoms with Crippen molar-refractivity contribution in [3.8, 4) is 5.75 Å². The Morgan fingerprint density at radius 3 is 2.01 bits per heavy atom. The number of hydrogen-bond acceptors (Lipinski definition) is 32. The summed E-state index contributed by atoms with van der Waals surface area (Å²) in [5.74, 6) is -19.5. The van der Waals surface area contributed by atoms with Crippen molar-refractivity contribution < 1.29 is 122 Å². The van der Waals surface area contributed by atoms with Crippen molar-refractivity contribution in [1.82, 2.24) is 83.6 Å². The minimum absolute atomic E-state index is 0.0216. The molecule has 6 heterocycles. The van der Waals surface area contributed by atoms with Gasteiger partial charge in [-0.1, -0.05) is 79.6 Å². The molecular formula is C88H117N21O26S2. The number of nitrogens with zero attached hydrogens (tertiary/aromatic N) is 4. The standard InChI is InChI=1S/C88H117N21O26S2/c1-8-12-26-85(11-4)76-86(27-30-93-76)50-33-51(87(80(129)134-7)39-44(38-84(131,9-2)10-3)40-92-29-25-49-48-16-13-14-17-52(48)99-66(49)87)60(133-6)37-59(50)109(5)77(86)88(132,78(85)127)79(128)107-108-83(130)135-31-32-136-137-43-58(75(125)126)104-72(121)57(36-64(115)116)103-71(120)56(35-63(113)114)102-69(118)53(18-15-28-94-81(89)90)100-70(119)55(34-62(111)112)98-61(110)24-23-54(74(123)124)101-68(117)45-19-21-46(22-20-45)95-41-47-42-96-67-65(97-47)73(122)106-82(91)105-67/h12-14,16-17,19-22,26,33,37,42,44,53-58,76-78,92-93,95,99,127,131-132H,8-11,15,18,23-25,27-32,34-36,38-41,43H2,1-7H3,(H,98,110)(H,100,119)(H,101,117)(H,102,118)(H,103,120)(H,104,121)(H,107,128)(H,108,130)(H,111,112)(H,113,114)(H,115,116)(H,123,124)(H,125,126)(H4,89,90,94)(H3,91,96,105,106,122)/b26-12-/t44-,53+,54-,55-,56+,57+,58+,76?,77-,78?,85-,86-,87+,88+/m1/s1. The summed E-state index contributed by atoms with van der Waals surface area (Å²) in [5, 5.41) is 123. The van der Waals surface area contributed by atoms with E-state index in [0.29, 0.717) is 85.6 Å². The van der Waals surface area contributed by atoms with Gasteiger partial charge < -0.3 is 130 Å². The van der Waals surface area contributed by atoms with Gasteiger partial charge in [0, 0.05) is 93.6 Å². The number of amides is 8. The first kappa shape index (κ1) is 106. The molecule has 0 radical (unpaired) electrons. The van der Waals surface area contributed by atoms with Crippen LogP contribution in [-0.4, -0.2) is 286 Å². The van der Waals surface area contributed by atoms with E-state index in [-0.39, 0.29) is 78.9 Å². The number of nitrogens with one attached hydrogen (secondary N) is 15. The Hall–Kier alpha value is -13.5. The summed E-state index contributed by atoms with van der Waals surface area (Å²) in [6.45, 7) is 8.30. The Kier molecular flexibility index (Phi) is 35.7. The predicted molar refractivity (Wildman–Crippen MR) is 497 cm³/mol. The van der Waals surface area contributed by atoms with E-state index in [9.17, 15) is 103 Å². The third-order valence-corrected chi connectivity index (χ3v) is 27.8. The summed E-state index contributed by atoms with van der Waals surface area (Å²) in [6, 6.07) is 3.02. The fraction of sp³-hybridized carbons (Fsp3) is 0.511. The minimum atomic E-state index is -2.80. The Morgan fingerprint density at radius 1 is 0.759 bits per heavy atom. The normalized spacial score (nSPS) is 21.2. The molecule has 8 amide bonds. The molecule has 3 aliphatic heterocycles. The largest absolute Gasteiger partial charge is 0.496 e. The first-order valence-electron chi connectivity index (χ1n) is 44.3. The number of ether oxygens (including phenoxy) is 3. The van der Waals surface area contributed by atoms with E-state index in [1.54, 1.807) is 18.0 Å². The molecule has 0 bridgehead atoms. The van der Waals surface area contributed by atoms with Gasteiger partial charge >= 0.3 is 41.9 Å². The molecule has 1 saturated heterocycles. The van der Waals surface area contributed by atoms with Crippen LogP contribution in [0.5, 0.6) is 5.75 Å². The van der Waals surface area contributed by atoms with E-state index in [0.717, 1.165) is 38.1 Å². The molecule has 1 saturated carbocycles. The van der Waals surface area contributed by atoms with Crippen LogP contribution >= 0.6 is 21.6 Å². The van der Waals surface area contributed by atoms with Crippen LogP contribution in [0.2, 0.25) is 0 Å². The van der Waals surface area contributed by atoms with Gasteiger partial charge in [0.1, 0.15) is 60.1 Å². The molecule has 47 nitrogen and oxygen atoms in total. The second kappa shape index (κ2) is 46.4. The maximum Gasteiger partial charge on any atom is 0.426 e. The van der Waals surface area contributed by atoms with E-state index in [1.807, 2.05) is 75.5 Å². The molecule has 4 aliphatic rings. The van der Waals surface area contributed by atoms with Crippen molar-refractivity contribution in [1.29, 1.82) is 5.41 Å². The number of esters is 1. The van der Waals surface area contributed by atoms with Gasteiger partial charge in [-0.15, -0.1) is 0 Å². The third kappa shape index (κ3) is 24.1. The number of carbonyl (C=O) groups excluding carboxylic acids is 9. The van der Waals surface area contributed by atoms with Crippen molar-refractivity contribution in [3.63, 3.8) is 0 Å². The molecule has 742 valence electrons. The molecular weight excluding hydrogens is 1830 g/mol. The Labute approximate surface area is 791 Å². The second-order valence-electron chi connectivity index (χ2n) is 34.0. The molecule has 1 spiro atoms. The van der Waals surface area contributed by atoms with E-state index in [1.165, 1.54) is 44.7 Å². The quantitative estimate of drug-likeness (QED) is 0.00449. The zero-order valence-electron chi connectivity index (χ0n) is 76.2. The predicted octanol–water partition coefficient (Wildman–Crippen LogP) is -0.166. The molecule has 1 aliphatic carbocycles. The number of aliphatic hydroxyl groups excluding tert-OH is 1. The highest BCUT2D eigenvalue weighted by atomic mass is 33.1. The lowest BCUT2D eigenvalue weighted by atomic mass is 9.48. The number of carboxylic acids is 5. The summed E-state index contributed by atoms with van der Waals surface area (Å²) in [5.41, 5.74) is 11.0. The van der Waals surface area contributed by atoms with Gasteiger partial charge in [-0.2, -0.15) is 4.98 Å². The number of guanidine groups is 1. The van der Waals surface area contributed by atoms with Gasteiger partial charge in [-0.3, -0.25) is 73.4 Å². The first-order chi connectivity index (χ1) is 65.1. The Morgan fingerprint density at radius 2 is 1.39 bits per heavy atom. The van der Waals surface area contributed by atoms with Crippen LogP contribution < -0.4 is 90.7 Å². The van der Waals surface area contributed by atoms with Crippen LogP contribution in [-0.2, 0) is 90.8 Å². The fourth-order valence-electron chi connectivity index (χ4n) is 18.8. The summed E-state index contributed by atoms with van der Waals surface area (Å²) < 4.78 is 17.8. The topological polar surface area (TPSA) is 739 Å². The van der Waals surface area contributed by atoms with Gasteiger partial charge in [0.2, 0.25) is 35.5 Å². The number of benzene rings is 3. The van der Waals surface area contributed by atoms with Crippen LogP contribution in [0.3, 0.4) is 0 Å². The maximum absolute atomic E-state index is 15.7. The minimum Gasteiger partial charge on any atom is -0.496 e. The maximum atomic E-state index is 15.7. The summed E-state index contributed by atoms with van der Waals surface area (Å²) in [4.78, 5) is 222. The number of hydrazine groups is 1. The fourth-order valence-corrected chi connectivity index (χ4v) is 20.8. The van der Waals surface area contributed by atoms with E-state index >= 15 is 9.59 Å². The molecule has 2 fully saturated rings. The highest BCUT2D eigenvalue weighted by molar-refractivity contribution is 8.76. The summed E-state index contributed by atoms with van der Waals surface area (Å²) in [6.07, 6.45) is -1.21. The zero-order valence-corrected chi connectivity index (χ0v) is 77.9. The van der Waals surface area contributed by atoms with Gasteiger partial charge in [-0.25, -0.2) is 29.8 Å². The lowest BCUT2D eigenvalue weighted by Gasteiger charge is -2.61. The van der Waals surface area contributed by atoms with Crippen LogP contribution in [0, 0.1) is 16.7 Å². The number of H-pyrrole nitrogens is 2. The average Bonchev–Trinajstić information content (AvgIpc) is 1.49. The number of nitrogens with two attached hydrogens (primary N) is 2. The molecule has 137 heavy (non-hydrogen) atoms. The molecule has 10 rings (SSSR count). The number of allylic oxidation sites excluding steroid dienone is 1. The van der Waals surface area contributed by atoms with E-state index in [4.69, 9.17) is 31.1 Å². The third-order valence-electron chi connectivity index (χ3n) is 25.4. The van der Waals surface area contributed by atoms with E-state index < -0.39 is 228 Å². The number of carboxylic acid groups (broad SMARTS) is 5. The number of carbonyl (C=O) groups is 14. The molecule has 49 heteroatoms. The van der Waals surface area contributed by atoms with Gasteiger partial charge in [0.05, 0.1) is 63.6 Å². The number of aliphatic carboxylic acids is 5. The number of likely N-dealkylation sites (N-methyl/N-ethyl adjacent to an activating group) is 1. The highest BCUT2D eigenvalue weighted by Crippen LogP contribution is 2.65. The van der Waals surface area contributed by atoms with Crippen molar-refractivity contribution in [2.24, 2.45) is 17.1 Å². The van der Waals surface area contributed by atoms with Crippen LogP contribution in [0.25, 0.3) is 22.1 Å². The SMILES string of the molecule is CC/C=C\[C@@]1(CC)C(O)[C@](O)(C(=O)NNC(=O)OCCSSC[C@H](NC(=O)[C@H](CC(=O)O)NC(=O)[C@H](CC(=O)O)NC(=O)[C@H](CCCNC(=N)N)NC(=O)[C@@H](CC(=O)O)NC(=O)CC[C@@H](NC(=O)c2ccc(NCc3cnc4nc(N)[nH]c(=O)c4n3)cc2)C(=O)O)C(=O)O)[C@@H]2N(C)c3cc(OC)c([C@@]4(C(=O)OC)C[C@@H](CC(O)(CC)CC)CNCCc5c4[nH]c4ccccc54)cc3[C@@]23CCNC13. The number of methoxy groups -OCH3 is 2. The highest BCUT2D eigenvalue weighted by Gasteiger charge is 2.77. The van der Waals surface area contributed by atoms with E-state index in [2.05, 4.69) is 83.6 Å². The molecule has 3 aromatic carbocycles. The van der Waals surface area contributed by atoms with Crippen LogP contribution in [0.1, 0.15) is 156 Å². The number of rotatable bonds is 46. The van der Waals surface area contributed by atoms with Gasteiger partial charge in [-0.05, 0) is 144 Å². The molecule has 2 unspecified atom stereocenters. The number of aromatic amines is 2. The molecule has 6 aromatic rings. The second-order valence-corrected chi connectivity index (χ2v) is 36.6. The lowest BCUT2D eigenvalue weighted by Crippen LogP contribution is -2.81. The Bertz CT molecular complexity index is 5610. The monoisotopic (exact) mass is 1950 g/mol. The zero-order chi connectivity index (χ0) is 100. The molecule has 14 atom stereocenters. The summed E-state index contributed by atoms with van der Waals surface area (Å²) >= 11 is 0. The smallest absolute Gasteiger partial charge is 0.426 e.